The number of aromatic nitrogens is 3. The molecule has 0 aliphatic carbocycles. The average Bonchev–Trinajstić information content (AvgIpc) is 3.37. The van der Waals surface area contributed by atoms with E-state index in [9.17, 15) is 4.79 Å². The Bertz CT molecular complexity index is 1010. The summed E-state index contributed by atoms with van der Waals surface area (Å²) in [7, 11) is 0. The van der Waals surface area contributed by atoms with Crippen molar-refractivity contribution < 1.29 is 14.3 Å². The van der Waals surface area contributed by atoms with Crippen LogP contribution >= 0.6 is 11.6 Å². The molecule has 2 aromatic heterocycles. The monoisotopic (exact) mass is 414 g/mol. The van der Waals surface area contributed by atoms with Crippen LogP contribution in [0, 0.1) is 0 Å². The zero-order chi connectivity index (χ0) is 20.2. The molecule has 0 unspecified atom stereocenters. The normalized spacial score (nSPS) is 16.4. The molecule has 0 spiro atoms. The molecule has 4 rings (SSSR count). The van der Waals surface area contributed by atoms with Gasteiger partial charge in [0, 0.05) is 36.3 Å². The first kappa shape index (κ1) is 19.8. The molecule has 3 aromatic rings. The fraction of sp³-hybridized carbons (Fsp3) is 0.381. The van der Waals surface area contributed by atoms with E-state index in [-0.39, 0.29) is 12.1 Å². The standard InChI is InChI=1S/C21H23ClN4O3/c1-2-28-21(27)17-12-25-26(20(17)13-23-11-15-4-3-9-29-15)19-7-8-24-18-10-14(22)5-6-16(18)19/h5-8,10,12,15,23H,2-4,9,11,13H2,1H3/t15-/m1/s1. The highest BCUT2D eigenvalue weighted by Gasteiger charge is 2.21. The van der Waals surface area contributed by atoms with Crippen molar-refractivity contribution in [1.82, 2.24) is 20.1 Å². The third-order valence-electron chi connectivity index (χ3n) is 4.96. The maximum atomic E-state index is 12.5. The number of rotatable bonds is 7. The SMILES string of the molecule is CCOC(=O)c1cnn(-c2ccnc3cc(Cl)ccc23)c1CNC[C@H]1CCCO1. The average molecular weight is 415 g/mol. The van der Waals surface area contributed by atoms with Gasteiger partial charge in [0.15, 0.2) is 0 Å². The number of nitrogens with zero attached hydrogens (tertiary/aromatic N) is 3. The van der Waals surface area contributed by atoms with Crippen LogP contribution in [0.2, 0.25) is 5.02 Å². The molecule has 7 nitrogen and oxygen atoms in total. The zero-order valence-corrected chi connectivity index (χ0v) is 17.0. The second-order valence-electron chi connectivity index (χ2n) is 6.89. The van der Waals surface area contributed by atoms with Crippen molar-refractivity contribution in [3.05, 3.63) is 52.9 Å². The Labute approximate surface area is 174 Å². The highest BCUT2D eigenvalue weighted by Crippen LogP contribution is 2.25. The number of fused-ring (bicyclic) bond motifs is 1. The predicted octanol–water partition coefficient (Wildman–Crippen LogP) is 3.52. The Kier molecular flexibility index (Phi) is 6.08. The molecule has 1 aliphatic rings. The van der Waals surface area contributed by atoms with Crippen molar-refractivity contribution in [2.75, 3.05) is 19.8 Å². The van der Waals surface area contributed by atoms with Crippen molar-refractivity contribution in [2.24, 2.45) is 0 Å². The van der Waals surface area contributed by atoms with E-state index in [2.05, 4.69) is 15.4 Å². The highest BCUT2D eigenvalue weighted by molar-refractivity contribution is 6.31. The number of esters is 1. The largest absolute Gasteiger partial charge is 0.462 e. The Morgan fingerprint density at radius 3 is 3.10 bits per heavy atom. The van der Waals surface area contributed by atoms with E-state index in [1.165, 1.54) is 0 Å². The van der Waals surface area contributed by atoms with Crippen LogP contribution in [0.5, 0.6) is 0 Å². The summed E-state index contributed by atoms with van der Waals surface area (Å²) in [6.07, 6.45) is 5.62. The summed E-state index contributed by atoms with van der Waals surface area (Å²) >= 11 is 6.11. The number of pyridine rings is 1. The lowest BCUT2D eigenvalue weighted by atomic mass is 10.1. The molecule has 8 heteroatoms. The lowest BCUT2D eigenvalue weighted by Crippen LogP contribution is -2.27. The Morgan fingerprint density at radius 1 is 1.41 bits per heavy atom. The van der Waals surface area contributed by atoms with Gasteiger partial charge in [0.25, 0.3) is 0 Å². The summed E-state index contributed by atoms with van der Waals surface area (Å²) in [4.78, 5) is 16.9. The van der Waals surface area contributed by atoms with E-state index in [1.807, 2.05) is 24.3 Å². The first-order chi connectivity index (χ1) is 14.2. The Balaban J connectivity index is 1.70. The molecule has 1 aliphatic heterocycles. The van der Waals surface area contributed by atoms with Crippen molar-refractivity contribution in [1.29, 1.82) is 0 Å². The van der Waals surface area contributed by atoms with Crippen LogP contribution in [0.3, 0.4) is 0 Å². The lowest BCUT2D eigenvalue weighted by molar-refractivity contribution is 0.0525. The van der Waals surface area contributed by atoms with Gasteiger partial charge in [-0.1, -0.05) is 11.6 Å². The quantitative estimate of drug-likeness (QED) is 0.596. The molecule has 1 aromatic carbocycles. The van der Waals surface area contributed by atoms with E-state index in [0.717, 1.165) is 48.3 Å². The molecule has 1 atom stereocenters. The van der Waals surface area contributed by atoms with Crippen LogP contribution in [-0.2, 0) is 16.0 Å². The summed E-state index contributed by atoms with van der Waals surface area (Å²) in [5.74, 6) is -0.380. The van der Waals surface area contributed by atoms with E-state index < -0.39 is 0 Å². The molecule has 0 radical (unpaired) electrons. The van der Waals surface area contributed by atoms with E-state index >= 15 is 0 Å². The molecular formula is C21H23ClN4O3. The number of benzene rings is 1. The molecule has 29 heavy (non-hydrogen) atoms. The van der Waals surface area contributed by atoms with Gasteiger partial charge in [-0.3, -0.25) is 4.98 Å². The van der Waals surface area contributed by atoms with Crippen molar-refractivity contribution >= 4 is 28.5 Å². The second-order valence-corrected chi connectivity index (χ2v) is 7.33. The Hall–Kier alpha value is -2.48. The zero-order valence-electron chi connectivity index (χ0n) is 16.2. The summed E-state index contributed by atoms with van der Waals surface area (Å²) in [5, 5.41) is 9.42. The van der Waals surface area contributed by atoms with Gasteiger partial charge in [-0.2, -0.15) is 5.10 Å². The molecule has 1 fully saturated rings. The molecule has 3 heterocycles. The number of carbonyl (C=O) groups excluding carboxylic acids is 1. The third-order valence-corrected chi connectivity index (χ3v) is 5.20. The van der Waals surface area contributed by atoms with Crippen LogP contribution in [0.25, 0.3) is 16.6 Å². The van der Waals surface area contributed by atoms with E-state index in [1.54, 1.807) is 24.0 Å². The van der Waals surface area contributed by atoms with Crippen LogP contribution < -0.4 is 5.32 Å². The number of hydrogen-bond acceptors (Lipinski definition) is 6. The van der Waals surface area contributed by atoms with Gasteiger partial charge < -0.3 is 14.8 Å². The van der Waals surface area contributed by atoms with Crippen LogP contribution in [-0.4, -0.2) is 46.6 Å². The maximum Gasteiger partial charge on any atom is 0.341 e. The van der Waals surface area contributed by atoms with E-state index in [4.69, 9.17) is 21.1 Å². The van der Waals surface area contributed by atoms with Crippen LogP contribution in [0.1, 0.15) is 35.8 Å². The number of halogens is 1. The van der Waals surface area contributed by atoms with Crippen molar-refractivity contribution in [3.63, 3.8) is 0 Å². The topological polar surface area (TPSA) is 78.3 Å². The van der Waals surface area contributed by atoms with Crippen molar-refractivity contribution in [2.45, 2.75) is 32.4 Å². The summed E-state index contributed by atoms with van der Waals surface area (Å²) < 4.78 is 12.7. The van der Waals surface area contributed by atoms with Crippen molar-refractivity contribution in [3.8, 4) is 5.69 Å². The minimum Gasteiger partial charge on any atom is -0.462 e. The highest BCUT2D eigenvalue weighted by atomic mass is 35.5. The molecule has 1 saturated heterocycles. The number of carbonyl (C=O) groups is 1. The summed E-state index contributed by atoms with van der Waals surface area (Å²) in [5.41, 5.74) is 2.78. The maximum absolute atomic E-state index is 12.5. The minimum absolute atomic E-state index is 0.210. The second kappa shape index (κ2) is 8.90. The van der Waals surface area contributed by atoms with Gasteiger partial charge in [-0.15, -0.1) is 0 Å². The molecule has 0 saturated carbocycles. The number of hydrogen-bond donors (Lipinski definition) is 1. The lowest BCUT2D eigenvalue weighted by Gasteiger charge is -2.14. The predicted molar refractivity (Wildman–Crippen MR) is 111 cm³/mol. The van der Waals surface area contributed by atoms with Crippen LogP contribution in [0.4, 0.5) is 0 Å². The van der Waals surface area contributed by atoms with Gasteiger partial charge in [-0.25, -0.2) is 9.48 Å². The van der Waals surface area contributed by atoms with Gasteiger partial charge in [0.2, 0.25) is 0 Å². The van der Waals surface area contributed by atoms with E-state index in [0.29, 0.717) is 23.7 Å². The smallest absolute Gasteiger partial charge is 0.341 e. The number of nitrogens with one attached hydrogen (secondary N) is 1. The fourth-order valence-electron chi connectivity index (χ4n) is 3.58. The third kappa shape index (κ3) is 4.27. The van der Waals surface area contributed by atoms with Gasteiger partial charge in [0.05, 0.1) is 35.8 Å². The fourth-order valence-corrected chi connectivity index (χ4v) is 3.74. The van der Waals surface area contributed by atoms with Gasteiger partial charge in [0.1, 0.15) is 5.56 Å². The molecule has 1 N–H and O–H groups in total. The molecule has 0 bridgehead atoms. The molecule has 0 amide bonds. The van der Waals surface area contributed by atoms with Gasteiger partial charge in [-0.05, 0) is 44.0 Å². The number of ether oxygens (including phenoxy) is 2. The Morgan fingerprint density at radius 2 is 2.31 bits per heavy atom. The first-order valence-corrected chi connectivity index (χ1v) is 10.2. The molecular weight excluding hydrogens is 392 g/mol. The summed E-state index contributed by atoms with van der Waals surface area (Å²) in [6.45, 7) is 4.09. The molecule has 152 valence electrons. The summed E-state index contributed by atoms with van der Waals surface area (Å²) in [6, 6.07) is 7.42. The minimum atomic E-state index is -0.380. The van der Waals surface area contributed by atoms with Gasteiger partial charge >= 0.3 is 5.97 Å². The van der Waals surface area contributed by atoms with Crippen LogP contribution in [0.15, 0.2) is 36.7 Å². The first-order valence-electron chi connectivity index (χ1n) is 9.78.